The van der Waals surface area contributed by atoms with E-state index in [1.54, 1.807) is 0 Å². The zero-order chi connectivity index (χ0) is 9.19. The summed E-state index contributed by atoms with van der Waals surface area (Å²) in [5.41, 5.74) is 0. The molecule has 0 saturated carbocycles. The zero-order valence-electron chi connectivity index (χ0n) is 7.71. The summed E-state index contributed by atoms with van der Waals surface area (Å²) in [6.45, 7) is 4.79. The van der Waals surface area contributed by atoms with Crippen LogP contribution in [0.15, 0.2) is 0 Å². The van der Waals surface area contributed by atoms with Crippen LogP contribution in [-0.2, 0) is 9.84 Å². The van der Waals surface area contributed by atoms with Gasteiger partial charge in [0.25, 0.3) is 0 Å². The number of sulfone groups is 1. The van der Waals surface area contributed by atoms with Crippen LogP contribution in [0.1, 0.15) is 26.7 Å². The second kappa shape index (κ2) is 3.75. The second-order valence-electron chi connectivity index (χ2n) is 3.39. The van der Waals surface area contributed by atoms with Gasteiger partial charge in [-0.05, 0) is 26.3 Å². The van der Waals surface area contributed by atoms with E-state index in [2.05, 4.69) is 5.32 Å². The van der Waals surface area contributed by atoms with E-state index >= 15 is 0 Å². The third-order valence-corrected chi connectivity index (χ3v) is 4.89. The highest BCUT2D eigenvalue weighted by atomic mass is 32.2. The summed E-state index contributed by atoms with van der Waals surface area (Å²) in [4.78, 5) is 0. The Bertz CT molecular complexity index is 235. The van der Waals surface area contributed by atoms with E-state index in [-0.39, 0.29) is 11.3 Å². The maximum absolute atomic E-state index is 11.4. The van der Waals surface area contributed by atoms with Crippen molar-refractivity contribution < 1.29 is 8.42 Å². The molecule has 0 aromatic carbocycles. The Morgan fingerprint density at radius 3 is 2.67 bits per heavy atom. The predicted molar refractivity (Wildman–Crippen MR) is 49.9 cm³/mol. The fourth-order valence-corrected chi connectivity index (χ4v) is 3.95. The molecule has 1 N–H and O–H groups in total. The second-order valence-corrected chi connectivity index (χ2v) is 5.73. The van der Waals surface area contributed by atoms with Gasteiger partial charge in [0, 0.05) is 6.04 Å². The van der Waals surface area contributed by atoms with Gasteiger partial charge in [0.1, 0.15) is 0 Å². The molecule has 2 unspecified atom stereocenters. The summed E-state index contributed by atoms with van der Waals surface area (Å²) in [7, 11) is -2.77. The molecule has 1 fully saturated rings. The Morgan fingerprint density at radius 2 is 2.25 bits per heavy atom. The molecule has 72 valence electrons. The smallest absolute Gasteiger partial charge is 0.154 e. The van der Waals surface area contributed by atoms with Gasteiger partial charge in [-0.25, -0.2) is 8.42 Å². The molecule has 1 saturated heterocycles. The van der Waals surface area contributed by atoms with Gasteiger partial charge in [-0.15, -0.1) is 0 Å². The Balaban J connectivity index is 2.62. The Morgan fingerprint density at radius 1 is 1.58 bits per heavy atom. The normalized spacial score (nSPS) is 30.3. The minimum absolute atomic E-state index is 0.113. The van der Waals surface area contributed by atoms with Gasteiger partial charge < -0.3 is 5.32 Å². The lowest BCUT2D eigenvalue weighted by molar-refractivity contribution is 0.509. The first-order valence-electron chi connectivity index (χ1n) is 4.53. The average molecular weight is 191 g/mol. The van der Waals surface area contributed by atoms with Crippen molar-refractivity contribution in [3.05, 3.63) is 0 Å². The summed E-state index contributed by atoms with van der Waals surface area (Å²) in [5, 5.41) is 3.02. The monoisotopic (exact) mass is 191 g/mol. The molecule has 3 nitrogen and oxygen atoms in total. The highest BCUT2D eigenvalue weighted by Gasteiger charge is 2.34. The van der Waals surface area contributed by atoms with Crippen molar-refractivity contribution in [2.45, 2.75) is 38.0 Å². The topological polar surface area (TPSA) is 46.2 Å². The van der Waals surface area contributed by atoms with Gasteiger partial charge in [0.05, 0.1) is 11.0 Å². The molecule has 0 aromatic rings. The van der Waals surface area contributed by atoms with Crippen LogP contribution in [0.2, 0.25) is 0 Å². The van der Waals surface area contributed by atoms with Crippen LogP contribution in [0.3, 0.4) is 0 Å². The molecule has 1 rings (SSSR count). The third-order valence-electron chi connectivity index (χ3n) is 2.46. The molecular formula is C8H17NO2S. The van der Waals surface area contributed by atoms with Crippen molar-refractivity contribution in [2.75, 3.05) is 12.3 Å². The van der Waals surface area contributed by atoms with Gasteiger partial charge in [0.15, 0.2) is 9.84 Å². The summed E-state index contributed by atoms with van der Waals surface area (Å²) >= 11 is 0. The van der Waals surface area contributed by atoms with Crippen LogP contribution in [0.4, 0.5) is 0 Å². The summed E-state index contributed by atoms with van der Waals surface area (Å²) < 4.78 is 22.9. The van der Waals surface area contributed by atoms with Crippen molar-refractivity contribution in [1.29, 1.82) is 0 Å². The first-order chi connectivity index (χ1) is 5.58. The Hall–Kier alpha value is -0.0900. The molecule has 2 atom stereocenters. The van der Waals surface area contributed by atoms with Crippen LogP contribution in [0.25, 0.3) is 0 Å². The van der Waals surface area contributed by atoms with Gasteiger partial charge in [-0.1, -0.05) is 6.92 Å². The number of hydrogen-bond acceptors (Lipinski definition) is 3. The fraction of sp³-hybridized carbons (Fsp3) is 1.00. The van der Waals surface area contributed by atoms with Crippen LogP contribution in [-0.4, -0.2) is 32.0 Å². The molecule has 0 aromatic heterocycles. The molecule has 1 aliphatic rings. The molecule has 1 heterocycles. The molecular weight excluding hydrogens is 174 g/mol. The SMILES string of the molecule is CCNC(C)C1CCCS1(=O)=O. The zero-order valence-corrected chi connectivity index (χ0v) is 8.52. The third kappa shape index (κ3) is 1.98. The highest BCUT2D eigenvalue weighted by Crippen LogP contribution is 2.22. The van der Waals surface area contributed by atoms with Crippen molar-refractivity contribution in [3.8, 4) is 0 Å². The molecule has 12 heavy (non-hydrogen) atoms. The first-order valence-corrected chi connectivity index (χ1v) is 6.24. The van der Waals surface area contributed by atoms with E-state index in [0.717, 1.165) is 19.4 Å². The summed E-state index contributed by atoms with van der Waals surface area (Å²) in [6.07, 6.45) is 1.67. The standard InChI is InChI=1S/C8H17NO2S/c1-3-9-7(2)8-5-4-6-12(8,10)11/h7-9H,3-6H2,1-2H3. The molecule has 0 radical (unpaired) electrons. The molecule has 0 spiro atoms. The molecule has 0 bridgehead atoms. The summed E-state index contributed by atoms with van der Waals surface area (Å²) in [5.74, 6) is 0.382. The van der Waals surface area contributed by atoms with Gasteiger partial charge in [0.2, 0.25) is 0 Å². The van der Waals surface area contributed by atoms with Crippen LogP contribution in [0, 0.1) is 0 Å². The first kappa shape index (κ1) is 9.99. The minimum atomic E-state index is -2.77. The van der Waals surface area contributed by atoms with Crippen molar-refractivity contribution in [3.63, 3.8) is 0 Å². The Labute approximate surface area is 74.5 Å². The van der Waals surface area contributed by atoms with E-state index in [1.165, 1.54) is 0 Å². The van der Waals surface area contributed by atoms with Crippen LogP contribution < -0.4 is 5.32 Å². The Kier molecular flexibility index (Phi) is 3.12. The van der Waals surface area contributed by atoms with Crippen LogP contribution >= 0.6 is 0 Å². The van der Waals surface area contributed by atoms with Crippen molar-refractivity contribution >= 4 is 9.84 Å². The van der Waals surface area contributed by atoms with E-state index in [0.29, 0.717) is 5.75 Å². The minimum Gasteiger partial charge on any atom is -0.313 e. The van der Waals surface area contributed by atoms with Crippen molar-refractivity contribution in [1.82, 2.24) is 5.32 Å². The fourth-order valence-electron chi connectivity index (χ4n) is 1.83. The quantitative estimate of drug-likeness (QED) is 0.709. The summed E-state index contributed by atoms with van der Waals surface area (Å²) in [6, 6.07) is 0.113. The van der Waals surface area contributed by atoms with Gasteiger partial charge in [-0.2, -0.15) is 0 Å². The largest absolute Gasteiger partial charge is 0.313 e. The maximum atomic E-state index is 11.4. The van der Waals surface area contributed by atoms with Gasteiger partial charge in [-0.3, -0.25) is 0 Å². The predicted octanol–water partition coefficient (Wildman–Crippen LogP) is 0.562. The lowest BCUT2D eigenvalue weighted by Crippen LogP contribution is -2.39. The lowest BCUT2D eigenvalue weighted by atomic mass is 10.1. The number of hydrogen-bond donors (Lipinski definition) is 1. The van der Waals surface area contributed by atoms with E-state index in [1.807, 2.05) is 13.8 Å². The van der Waals surface area contributed by atoms with Crippen LogP contribution in [0.5, 0.6) is 0 Å². The number of rotatable bonds is 3. The van der Waals surface area contributed by atoms with E-state index < -0.39 is 9.84 Å². The molecule has 1 aliphatic heterocycles. The molecule has 0 amide bonds. The molecule has 4 heteroatoms. The van der Waals surface area contributed by atoms with E-state index in [9.17, 15) is 8.42 Å². The maximum Gasteiger partial charge on any atom is 0.154 e. The number of nitrogens with one attached hydrogen (secondary N) is 1. The average Bonchev–Trinajstić information content (AvgIpc) is 2.30. The van der Waals surface area contributed by atoms with Gasteiger partial charge >= 0.3 is 0 Å². The lowest BCUT2D eigenvalue weighted by Gasteiger charge is -2.18. The molecule has 0 aliphatic carbocycles. The van der Waals surface area contributed by atoms with E-state index in [4.69, 9.17) is 0 Å². The van der Waals surface area contributed by atoms with Crippen molar-refractivity contribution in [2.24, 2.45) is 0 Å². The highest BCUT2D eigenvalue weighted by molar-refractivity contribution is 7.92.